The highest BCUT2D eigenvalue weighted by atomic mass is 32.1. The van der Waals surface area contributed by atoms with Gasteiger partial charge in [-0.3, -0.25) is 0 Å². The molecule has 0 saturated heterocycles. The van der Waals surface area contributed by atoms with Gasteiger partial charge in [0.05, 0.1) is 16.8 Å². The Kier molecular flexibility index (Phi) is 3.15. The van der Waals surface area contributed by atoms with Crippen molar-refractivity contribution in [3.63, 3.8) is 0 Å². The van der Waals surface area contributed by atoms with E-state index in [1.807, 2.05) is 0 Å². The summed E-state index contributed by atoms with van der Waals surface area (Å²) in [5, 5.41) is 2.18. The molecule has 100 valence electrons. The lowest BCUT2D eigenvalue weighted by atomic mass is 10.1. The molecule has 0 bridgehead atoms. The zero-order valence-electron chi connectivity index (χ0n) is 10.2. The molecule has 3 nitrogen and oxygen atoms in total. The first-order chi connectivity index (χ1) is 9.66. The van der Waals surface area contributed by atoms with E-state index in [0.717, 1.165) is 0 Å². The second-order valence-corrected chi connectivity index (χ2v) is 4.93. The lowest BCUT2D eigenvalue weighted by Gasteiger charge is -2.01. The summed E-state index contributed by atoms with van der Waals surface area (Å²) in [5.41, 5.74) is 6.55. The predicted octanol–water partition coefficient (Wildman–Crippen LogP) is 3.73. The van der Waals surface area contributed by atoms with Crippen LogP contribution >= 0.6 is 11.3 Å². The van der Waals surface area contributed by atoms with Crippen LogP contribution in [-0.2, 0) is 0 Å². The molecule has 0 aliphatic rings. The molecule has 0 spiro atoms. The number of rotatable bonds is 2. The summed E-state index contributed by atoms with van der Waals surface area (Å²) < 4.78 is 27.4. The summed E-state index contributed by atoms with van der Waals surface area (Å²) >= 11 is 1.26. The minimum Gasteiger partial charge on any atom is -0.383 e. The predicted molar refractivity (Wildman–Crippen MR) is 75.1 cm³/mol. The third-order valence-electron chi connectivity index (χ3n) is 2.79. The molecule has 1 aromatic carbocycles. The van der Waals surface area contributed by atoms with E-state index >= 15 is 0 Å². The van der Waals surface area contributed by atoms with Gasteiger partial charge in [-0.1, -0.05) is 6.07 Å². The third kappa shape index (κ3) is 2.14. The molecule has 0 aliphatic carbocycles. The van der Waals surface area contributed by atoms with Crippen molar-refractivity contribution in [3.05, 3.63) is 53.5 Å². The van der Waals surface area contributed by atoms with Crippen LogP contribution in [0.5, 0.6) is 0 Å². The fraction of sp³-hybridized carbons (Fsp3) is 0. The normalized spacial score (nSPS) is 10.7. The van der Waals surface area contributed by atoms with Crippen molar-refractivity contribution in [2.45, 2.75) is 0 Å². The SMILES string of the molecule is Nc1ncccc1-c1nc(-c2c(F)cccc2F)cs1. The molecule has 0 fully saturated rings. The molecule has 3 rings (SSSR count). The van der Waals surface area contributed by atoms with Crippen molar-refractivity contribution in [1.82, 2.24) is 9.97 Å². The fourth-order valence-corrected chi connectivity index (χ4v) is 2.70. The lowest BCUT2D eigenvalue weighted by molar-refractivity contribution is 0.589. The van der Waals surface area contributed by atoms with Crippen molar-refractivity contribution in [2.24, 2.45) is 0 Å². The van der Waals surface area contributed by atoms with Gasteiger partial charge >= 0.3 is 0 Å². The average molecular weight is 289 g/mol. The van der Waals surface area contributed by atoms with E-state index in [1.165, 1.54) is 29.5 Å². The largest absolute Gasteiger partial charge is 0.383 e. The van der Waals surface area contributed by atoms with E-state index in [4.69, 9.17) is 5.73 Å². The first-order valence-corrected chi connectivity index (χ1v) is 6.65. The molecular weight excluding hydrogens is 280 g/mol. The Bertz CT molecular complexity index is 750. The topological polar surface area (TPSA) is 51.8 Å². The molecule has 0 atom stereocenters. The summed E-state index contributed by atoms with van der Waals surface area (Å²) in [4.78, 5) is 8.22. The van der Waals surface area contributed by atoms with E-state index in [-0.39, 0.29) is 11.3 Å². The number of nitrogens with two attached hydrogens (primary N) is 1. The molecule has 2 aromatic heterocycles. The molecule has 20 heavy (non-hydrogen) atoms. The van der Waals surface area contributed by atoms with E-state index in [0.29, 0.717) is 16.4 Å². The van der Waals surface area contributed by atoms with Gasteiger partial charge in [0.1, 0.15) is 22.5 Å². The van der Waals surface area contributed by atoms with Crippen molar-refractivity contribution in [1.29, 1.82) is 0 Å². The molecule has 2 N–H and O–H groups in total. The summed E-state index contributed by atoms with van der Waals surface area (Å²) in [6.45, 7) is 0. The number of hydrogen-bond acceptors (Lipinski definition) is 4. The van der Waals surface area contributed by atoms with Gasteiger partial charge in [0.15, 0.2) is 0 Å². The van der Waals surface area contributed by atoms with Gasteiger partial charge in [-0.15, -0.1) is 11.3 Å². The maximum Gasteiger partial charge on any atom is 0.135 e. The van der Waals surface area contributed by atoms with Crippen molar-refractivity contribution in [3.8, 4) is 21.8 Å². The quantitative estimate of drug-likeness (QED) is 0.782. The zero-order valence-corrected chi connectivity index (χ0v) is 11.0. The summed E-state index contributed by atoms with van der Waals surface area (Å²) in [6, 6.07) is 7.23. The molecule has 2 heterocycles. The highest BCUT2D eigenvalue weighted by Crippen LogP contribution is 2.33. The maximum absolute atomic E-state index is 13.7. The van der Waals surface area contributed by atoms with Crippen LogP contribution in [0.4, 0.5) is 14.6 Å². The van der Waals surface area contributed by atoms with Crippen LogP contribution in [0.15, 0.2) is 41.9 Å². The maximum atomic E-state index is 13.7. The summed E-state index contributed by atoms with van der Waals surface area (Å²) in [5.74, 6) is -0.940. The molecule has 3 aromatic rings. The number of thiazole rings is 1. The molecule has 0 aliphatic heterocycles. The molecule has 0 saturated carbocycles. The lowest BCUT2D eigenvalue weighted by Crippen LogP contribution is -1.93. The number of halogens is 2. The number of aromatic nitrogens is 2. The Balaban J connectivity index is 2.10. The molecule has 0 unspecified atom stereocenters. The van der Waals surface area contributed by atoms with Crippen molar-refractivity contribution >= 4 is 17.2 Å². The van der Waals surface area contributed by atoms with E-state index in [9.17, 15) is 8.78 Å². The molecule has 0 radical (unpaired) electrons. The Labute approximate surface area is 117 Å². The first-order valence-electron chi connectivity index (χ1n) is 5.77. The highest BCUT2D eigenvalue weighted by Gasteiger charge is 2.15. The monoisotopic (exact) mass is 289 g/mol. The smallest absolute Gasteiger partial charge is 0.135 e. The number of hydrogen-bond donors (Lipinski definition) is 1. The van der Waals surface area contributed by atoms with E-state index < -0.39 is 11.6 Å². The zero-order chi connectivity index (χ0) is 14.1. The Morgan fingerprint density at radius 2 is 1.80 bits per heavy atom. The van der Waals surface area contributed by atoms with Crippen LogP contribution in [-0.4, -0.2) is 9.97 Å². The number of nitrogen functional groups attached to an aromatic ring is 1. The van der Waals surface area contributed by atoms with Gasteiger partial charge in [0, 0.05) is 11.6 Å². The molecular formula is C14H9F2N3S. The summed E-state index contributed by atoms with van der Waals surface area (Å²) in [6.07, 6.45) is 1.57. The minimum atomic E-state index is -0.638. The first kappa shape index (κ1) is 12.7. The van der Waals surface area contributed by atoms with Crippen LogP contribution in [0.25, 0.3) is 21.8 Å². The number of anilines is 1. The van der Waals surface area contributed by atoms with Gasteiger partial charge in [0.2, 0.25) is 0 Å². The Hall–Kier alpha value is -2.34. The van der Waals surface area contributed by atoms with Crippen molar-refractivity contribution < 1.29 is 8.78 Å². The third-order valence-corrected chi connectivity index (χ3v) is 3.67. The van der Waals surface area contributed by atoms with E-state index in [2.05, 4.69) is 9.97 Å². The molecule has 6 heteroatoms. The van der Waals surface area contributed by atoms with Gasteiger partial charge in [0.25, 0.3) is 0 Å². The van der Waals surface area contributed by atoms with Crippen LogP contribution in [0.1, 0.15) is 0 Å². The molecule has 0 amide bonds. The van der Waals surface area contributed by atoms with Gasteiger partial charge in [-0.2, -0.15) is 0 Å². The van der Waals surface area contributed by atoms with Crippen LogP contribution in [0, 0.1) is 11.6 Å². The highest BCUT2D eigenvalue weighted by molar-refractivity contribution is 7.13. The van der Waals surface area contributed by atoms with E-state index in [1.54, 1.807) is 23.7 Å². The number of nitrogens with zero attached hydrogens (tertiary/aromatic N) is 2. The standard InChI is InChI=1S/C14H9F2N3S/c15-9-4-1-5-10(16)12(9)11-7-20-14(19-11)8-3-2-6-18-13(8)17/h1-7H,(H2,17,18). The van der Waals surface area contributed by atoms with Gasteiger partial charge in [-0.05, 0) is 24.3 Å². The van der Waals surface area contributed by atoms with Gasteiger partial charge in [-0.25, -0.2) is 18.7 Å². The minimum absolute atomic E-state index is 0.127. The fourth-order valence-electron chi connectivity index (χ4n) is 1.85. The summed E-state index contributed by atoms with van der Waals surface area (Å²) in [7, 11) is 0. The number of pyridine rings is 1. The van der Waals surface area contributed by atoms with Crippen LogP contribution in [0.2, 0.25) is 0 Å². The Morgan fingerprint density at radius 3 is 2.50 bits per heavy atom. The van der Waals surface area contributed by atoms with Crippen LogP contribution < -0.4 is 5.73 Å². The van der Waals surface area contributed by atoms with Crippen LogP contribution in [0.3, 0.4) is 0 Å². The van der Waals surface area contributed by atoms with Crippen molar-refractivity contribution in [2.75, 3.05) is 5.73 Å². The number of benzene rings is 1. The Morgan fingerprint density at radius 1 is 1.05 bits per heavy atom. The second kappa shape index (κ2) is 4.97. The second-order valence-electron chi connectivity index (χ2n) is 4.07. The van der Waals surface area contributed by atoms with Gasteiger partial charge < -0.3 is 5.73 Å². The average Bonchev–Trinajstić information content (AvgIpc) is 2.88.